The van der Waals surface area contributed by atoms with Gasteiger partial charge in [0.15, 0.2) is 0 Å². The molecule has 26 heavy (non-hydrogen) atoms. The molecule has 1 aliphatic heterocycles. The standard InChI is InChI=1S/C19H21FN4O2/c20-15-6-8-16(9-7-15)24(13-14-4-3-10-21-12-14)19(26)23-17-5-1-2-11-22-18(17)25/h3-4,6-10,12,17H,1-2,5,11,13H2,(H,22,25)(H,23,26)/t17-/m1/s1. The highest BCUT2D eigenvalue weighted by Gasteiger charge is 2.25. The summed E-state index contributed by atoms with van der Waals surface area (Å²) >= 11 is 0. The first-order valence-electron chi connectivity index (χ1n) is 8.64. The molecule has 1 atom stereocenters. The number of pyridine rings is 1. The Hall–Kier alpha value is -2.96. The van der Waals surface area contributed by atoms with Gasteiger partial charge in [0.2, 0.25) is 5.91 Å². The van der Waals surface area contributed by atoms with Gasteiger partial charge in [0.25, 0.3) is 0 Å². The third kappa shape index (κ3) is 4.56. The molecule has 1 aliphatic rings. The van der Waals surface area contributed by atoms with E-state index in [1.807, 2.05) is 6.07 Å². The van der Waals surface area contributed by atoms with Crippen LogP contribution in [0.25, 0.3) is 0 Å². The molecule has 0 radical (unpaired) electrons. The summed E-state index contributed by atoms with van der Waals surface area (Å²) in [7, 11) is 0. The van der Waals surface area contributed by atoms with Gasteiger partial charge in [-0.05, 0) is 55.2 Å². The Kier molecular flexibility index (Phi) is 5.78. The van der Waals surface area contributed by atoms with Crippen molar-refractivity contribution in [2.75, 3.05) is 11.4 Å². The molecule has 2 heterocycles. The van der Waals surface area contributed by atoms with Crippen LogP contribution < -0.4 is 15.5 Å². The molecule has 0 aliphatic carbocycles. The second-order valence-electron chi connectivity index (χ2n) is 6.21. The van der Waals surface area contributed by atoms with Crippen molar-refractivity contribution in [1.29, 1.82) is 0 Å². The van der Waals surface area contributed by atoms with Crippen molar-refractivity contribution in [3.63, 3.8) is 0 Å². The van der Waals surface area contributed by atoms with E-state index in [0.29, 0.717) is 18.7 Å². The molecule has 0 spiro atoms. The van der Waals surface area contributed by atoms with E-state index in [1.54, 1.807) is 30.6 Å². The van der Waals surface area contributed by atoms with Crippen molar-refractivity contribution in [2.45, 2.75) is 31.8 Å². The van der Waals surface area contributed by atoms with E-state index in [9.17, 15) is 14.0 Å². The molecule has 6 nitrogen and oxygen atoms in total. The molecular formula is C19H21FN4O2. The Morgan fingerprint density at radius 3 is 2.81 bits per heavy atom. The molecule has 1 fully saturated rings. The third-order valence-electron chi connectivity index (χ3n) is 4.28. The molecule has 7 heteroatoms. The van der Waals surface area contributed by atoms with Gasteiger partial charge in [0.05, 0.1) is 6.54 Å². The Balaban J connectivity index is 1.80. The highest BCUT2D eigenvalue weighted by Crippen LogP contribution is 2.18. The zero-order valence-corrected chi connectivity index (χ0v) is 14.3. The predicted octanol–water partition coefficient (Wildman–Crippen LogP) is 2.61. The number of aromatic nitrogens is 1. The topological polar surface area (TPSA) is 74.3 Å². The van der Waals surface area contributed by atoms with E-state index >= 15 is 0 Å². The van der Waals surface area contributed by atoms with Crippen LogP contribution in [0.5, 0.6) is 0 Å². The quantitative estimate of drug-likeness (QED) is 0.884. The number of halogens is 1. The maximum Gasteiger partial charge on any atom is 0.322 e. The summed E-state index contributed by atoms with van der Waals surface area (Å²) in [6, 6.07) is 8.36. The minimum absolute atomic E-state index is 0.170. The van der Waals surface area contributed by atoms with E-state index in [0.717, 1.165) is 18.4 Å². The summed E-state index contributed by atoms with van der Waals surface area (Å²) < 4.78 is 13.3. The normalized spacial score (nSPS) is 17.1. The van der Waals surface area contributed by atoms with Crippen LogP contribution in [0.3, 0.4) is 0 Å². The van der Waals surface area contributed by atoms with E-state index in [-0.39, 0.29) is 18.3 Å². The molecule has 0 bridgehead atoms. The smallest absolute Gasteiger partial charge is 0.322 e. The summed E-state index contributed by atoms with van der Waals surface area (Å²) in [5, 5.41) is 5.61. The summed E-state index contributed by atoms with van der Waals surface area (Å²) in [4.78, 5) is 30.5. The number of carbonyl (C=O) groups is 2. The second kappa shape index (κ2) is 8.42. The van der Waals surface area contributed by atoms with Crippen LogP contribution in [0.15, 0.2) is 48.8 Å². The highest BCUT2D eigenvalue weighted by atomic mass is 19.1. The zero-order valence-electron chi connectivity index (χ0n) is 14.3. The van der Waals surface area contributed by atoms with Crippen LogP contribution in [0.4, 0.5) is 14.9 Å². The average Bonchev–Trinajstić information content (AvgIpc) is 2.86. The number of rotatable bonds is 4. The van der Waals surface area contributed by atoms with Crippen molar-refractivity contribution >= 4 is 17.6 Å². The van der Waals surface area contributed by atoms with Crippen molar-refractivity contribution in [2.24, 2.45) is 0 Å². The number of nitrogens with one attached hydrogen (secondary N) is 2. The first-order chi connectivity index (χ1) is 12.6. The lowest BCUT2D eigenvalue weighted by Crippen LogP contribution is -2.50. The molecular weight excluding hydrogens is 335 g/mol. The van der Waals surface area contributed by atoms with E-state index in [4.69, 9.17) is 0 Å². The van der Waals surface area contributed by atoms with E-state index < -0.39 is 12.1 Å². The van der Waals surface area contributed by atoms with Gasteiger partial charge in [-0.3, -0.25) is 14.7 Å². The van der Waals surface area contributed by atoms with Crippen LogP contribution in [-0.2, 0) is 11.3 Å². The van der Waals surface area contributed by atoms with Crippen molar-refractivity contribution in [1.82, 2.24) is 15.6 Å². The van der Waals surface area contributed by atoms with Gasteiger partial charge in [0.1, 0.15) is 11.9 Å². The van der Waals surface area contributed by atoms with Crippen LogP contribution >= 0.6 is 0 Å². The van der Waals surface area contributed by atoms with Gasteiger partial charge in [0, 0.05) is 24.6 Å². The number of amides is 3. The fourth-order valence-corrected chi connectivity index (χ4v) is 2.88. The number of hydrogen-bond donors (Lipinski definition) is 2. The number of benzene rings is 1. The predicted molar refractivity (Wildman–Crippen MR) is 96.0 cm³/mol. The van der Waals surface area contributed by atoms with Crippen LogP contribution in [-0.4, -0.2) is 29.5 Å². The fourth-order valence-electron chi connectivity index (χ4n) is 2.88. The summed E-state index contributed by atoms with van der Waals surface area (Å²) in [5.41, 5.74) is 1.37. The average molecular weight is 356 g/mol. The Labute approximate surface area is 151 Å². The molecule has 1 aromatic heterocycles. The van der Waals surface area contributed by atoms with Crippen molar-refractivity contribution in [3.8, 4) is 0 Å². The van der Waals surface area contributed by atoms with Gasteiger partial charge >= 0.3 is 6.03 Å². The first-order valence-corrected chi connectivity index (χ1v) is 8.64. The molecule has 0 unspecified atom stereocenters. The van der Waals surface area contributed by atoms with Gasteiger partial charge in [-0.1, -0.05) is 6.07 Å². The minimum atomic E-state index is -0.568. The number of hydrogen-bond acceptors (Lipinski definition) is 3. The molecule has 2 aromatic rings. The summed E-state index contributed by atoms with van der Waals surface area (Å²) in [6.45, 7) is 0.891. The van der Waals surface area contributed by atoms with Gasteiger partial charge in [-0.2, -0.15) is 0 Å². The monoisotopic (exact) mass is 356 g/mol. The number of carbonyl (C=O) groups excluding carboxylic acids is 2. The lowest BCUT2D eigenvalue weighted by atomic mass is 10.1. The second-order valence-corrected chi connectivity index (χ2v) is 6.21. The zero-order chi connectivity index (χ0) is 18.4. The maximum absolute atomic E-state index is 13.3. The molecule has 1 saturated heterocycles. The van der Waals surface area contributed by atoms with Gasteiger partial charge in [-0.25, -0.2) is 9.18 Å². The molecule has 3 amide bonds. The lowest BCUT2D eigenvalue weighted by molar-refractivity contribution is -0.122. The van der Waals surface area contributed by atoms with Crippen molar-refractivity contribution < 1.29 is 14.0 Å². The minimum Gasteiger partial charge on any atom is -0.354 e. The maximum atomic E-state index is 13.3. The molecule has 2 N–H and O–H groups in total. The Bertz CT molecular complexity index is 752. The van der Waals surface area contributed by atoms with Crippen LogP contribution in [0, 0.1) is 5.82 Å². The first kappa shape index (κ1) is 17.8. The van der Waals surface area contributed by atoms with Crippen molar-refractivity contribution in [3.05, 3.63) is 60.2 Å². The Morgan fingerprint density at radius 2 is 2.08 bits per heavy atom. The highest BCUT2D eigenvalue weighted by molar-refractivity contribution is 5.95. The van der Waals surface area contributed by atoms with Crippen LogP contribution in [0.2, 0.25) is 0 Å². The SMILES string of the molecule is O=C1NCCCC[C@H]1NC(=O)N(Cc1cccnc1)c1ccc(F)cc1. The third-order valence-corrected chi connectivity index (χ3v) is 4.28. The molecule has 1 aromatic carbocycles. The molecule has 3 rings (SSSR count). The number of nitrogens with zero attached hydrogens (tertiary/aromatic N) is 2. The molecule has 136 valence electrons. The van der Waals surface area contributed by atoms with E-state index in [1.165, 1.54) is 17.0 Å². The number of anilines is 1. The Morgan fingerprint density at radius 1 is 1.27 bits per heavy atom. The van der Waals surface area contributed by atoms with Gasteiger partial charge in [-0.15, -0.1) is 0 Å². The largest absolute Gasteiger partial charge is 0.354 e. The summed E-state index contributed by atoms with van der Waals surface area (Å²) in [5.74, 6) is -0.546. The van der Waals surface area contributed by atoms with Gasteiger partial charge < -0.3 is 10.6 Å². The van der Waals surface area contributed by atoms with Crippen LogP contribution in [0.1, 0.15) is 24.8 Å². The fraction of sp³-hybridized carbons (Fsp3) is 0.316. The molecule has 0 saturated carbocycles. The lowest BCUT2D eigenvalue weighted by Gasteiger charge is -2.26. The van der Waals surface area contributed by atoms with E-state index in [2.05, 4.69) is 15.6 Å². The summed E-state index contributed by atoms with van der Waals surface area (Å²) in [6.07, 6.45) is 5.68. The number of urea groups is 1.